The SMILES string of the molecule is CCOCc1ccccc1NC(=O)NC(c1ccc2c(c1)OCCO2)C(C)C. The minimum absolute atomic E-state index is 0.158. The smallest absolute Gasteiger partial charge is 0.319 e. The Bertz CT molecular complexity index is 807. The summed E-state index contributed by atoms with van der Waals surface area (Å²) in [7, 11) is 0. The third kappa shape index (κ3) is 4.95. The Morgan fingerprint density at radius 1 is 1.11 bits per heavy atom. The molecular weight excluding hydrogens is 356 g/mol. The van der Waals surface area contributed by atoms with Crippen LogP contribution in [0.3, 0.4) is 0 Å². The van der Waals surface area contributed by atoms with Crippen LogP contribution in [-0.4, -0.2) is 25.9 Å². The molecule has 3 rings (SSSR count). The van der Waals surface area contributed by atoms with Crippen LogP contribution in [0.4, 0.5) is 10.5 Å². The zero-order chi connectivity index (χ0) is 19.9. The number of carbonyl (C=O) groups excluding carboxylic acids is 1. The van der Waals surface area contributed by atoms with Gasteiger partial charge >= 0.3 is 6.03 Å². The van der Waals surface area contributed by atoms with E-state index in [0.717, 1.165) is 28.3 Å². The van der Waals surface area contributed by atoms with Crippen LogP contribution in [0.1, 0.15) is 37.9 Å². The summed E-state index contributed by atoms with van der Waals surface area (Å²) in [6, 6.07) is 13.1. The number of fused-ring (bicyclic) bond motifs is 1. The van der Waals surface area contributed by atoms with Crippen molar-refractivity contribution in [2.75, 3.05) is 25.1 Å². The molecule has 0 saturated carbocycles. The summed E-state index contributed by atoms with van der Waals surface area (Å²) < 4.78 is 16.8. The monoisotopic (exact) mass is 384 g/mol. The average Bonchev–Trinajstić information content (AvgIpc) is 2.71. The van der Waals surface area contributed by atoms with E-state index in [0.29, 0.717) is 26.4 Å². The summed E-state index contributed by atoms with van der Waals surface area (Å²) in [4.78, 5) is 12.7. The second-order valence-corrected chi connectivity index (χ2v) is 7.02. The van der Waals surface area contributed by atoms with Gasteiger partial charge in [0, 0.05) is 17.9 Å². The molecule has 0 saturated heterocycles. The van der Waals surface area contributed by atoms with Gasteiger partial charge < -0.3 is 24.8 Å². The van der Waals surface area contributed by atoms with Gasteiger partial charge in [-0.25, -0.2) is 4.79 Å². The van der Waals surface area contributed by atoms with Crippen molar-refractivity contribution < 1.29 is 19.0 Å². The first kappa shape index (κ1) is 20.0. The quantitative estimate of drug-likeness (QED) is 0.737. The molecule has 0 aromatic heterocycles. The Hall–Kier alpha value is -2.73. The number of benzene rings is 2. The fourth-order valence-corrected chi connectivity index (χ4v) is 3.17. The molecular formula is C22H28N2O4. The summed E-state index contributed by atoms with van der Waals surface area (Å²) >= 11 is 0. The molecule has 0 fully saturated rings. The van der Waals surface area contributed by atoms with Gasteiger partial charge in [0.1, 0.15) is 13.2 Å². The van der Waals surface area contributed by atoms with Crippen LogP contribution in [0, 0.1) is 5.92 Å². The van der Waals surface area contributed by atoms with Gasteiger partial charge in [0.25, 0.3) is 0 Å². The van der Waals surface area contributed by atoms with Crippen molar-refractivity contribution in [2.45, 2.75) is 33.4 Å². The maximum atomic E-state index is 12.7. The largest absolute Gasteiger partial charge is 0.486 e. The molecule has 1 atom stereocenters. The molecule has 1 unspecified atom stereocenters. The molecule has 0 bridgehead atoms. The van der Waals surface area contributed by atoms with Crippen LogP contribution in [-0.2, 0) is 11.3 Å². The Balaban J connectivity index is 1.72. The number of urea groups is 1. The summed E-state index contributed by atoms with van der Waals surface area (Å²) in [6.45, 7) is 8.27. The molecule has 2 aromatic carbocycles. The standard InChI is InChI=1S/C22H28N2O4/c1-4-26-14-17-7-5-6-8-18(17)23-22(25)24-21(15(2)3)16-9-10-19-20(13-16)28-12-11-27-19/h5-10,13,15,21H,4,11-12,14H2,1-3H3,(H2,23,24,25). The van der Waals surface area contributed by atoms with E-state index in [4.69, 9.17) is 14.2 Å². The number of hydrogen-bond donors (Lipinski definition) is 2. The molecule has 6 nitrogen and oxygen atoms in total. The van der Waals surface area contributed by atoms with Crippen LogP contribution in [0.2, 0.25) is 0 Å². The van der Waals surface area contributed by atoms with E-state index in [9.17, 15) is 4.79 Å². The van der Waals surface area contributed by atoms with E-state index in [1.54, 1.807) is 0 Å². The zero-order valence-electron chi connectivity index (χ0n) is 16.7. The molecule has 28 heavy (non-hydrogen) atoms. The Labute approximate surface area is 166 Å². The first-order valence-electron chi connectivity index (χ1n) is 9.71. The Kier molecular flexibility index (Phi) is 6.76. The predicted molar refractivity (Wildman–Crippen MR) is 109 cm³/mol. The maximum Gasteiger partial charge on any atom is 0.319 e. The highest BCUT2D eigenvalue weighted by atomic mass is 16.6. The highest BCUT2D eigenvalue weighted by Crippen LogP contribution is 2.34. The lowest BCUT2D eigenvalue weighted by atomic mass is 9.95. The van der Waals surface area contributed by atoms with E-state index in [1.165, 1.54) is 0 Å². The number of hydrogen-bond acceptors (Lipinski definition) is 4. The Morgan fingerprint density at radius 2 is 1.86 bits per heavy atom. The molecule has 1 heterocycles. The highest BCUT2D eigenvalue weighted by molar-refractivity contribution is 5.90. The lowest BCUT2D eigenvalue weighted by Crippen LogP contribution is -2.35. The van der Waals surface area contributed by atoms with Gasteiger partial charge in [0.15, 0.2) is 11.5 Å². The molecule has 2 aromatic rings. The van der Waals surface area contributed by atoms with Crippen molar-refractivity contribution in [3.8, 4) is 11.5 Å². The molecule has 1 aliphatic rings. The summed E-state index contributed by atoms with van der Waals surface area (Å²) in [6.07, 6.45) is 0. The molecule has 0 aliphatic carbocycles. The molecule has 0 spiro atoms. The maximum absolute atomic E-state index is 12.7. The van der Waals surface area contributed by atoms with Gasteiger partial charge in [-0.15, -0.1) is 0 Å². The second-order valence-electron chi connectivity index (χ2n) is 7.02. The van der Waals surface area contributed by atoms with Crippen molar-refractivity contribution in [3.63, 3.8) is 0 Å². The molecule has 2 amide bonds. The number of amides is 2. The number of carbonyl (C=O) groups is 1. The van der Waals surface area contributed by atoms with E-state index >= 15 is 0 Å². The summed E-state index contributed by atoms with van der Waals surface area (Å²) in [5, 5.41) is 6.03. The summed E-state index contributed by atoms with van der Waals surface area (Å²) in [5.74, 6) is 1.66. The van der Waals surface area contributed by atoms with Crippen molar-refractivity contribution in [1.82, 2.24) is 5.32 Å². The van der Waals surface area contributed by atoms with Crippen LogP contribution >= 0.6 is 0 Å². The van der Waals surface area contributed by atoms with Crippen LogP contribution < -0.4 is 20.1 Å². The molecule has 6 heteroatoms. The fourth-order valence-electron chi connectivity index (χ4n) is 3.17. The van der Waals surface area contributed by atoms with Crippen LogP contribution in [0.5, 0.6) is 11.5 Å². The van der Waals surface area contributed by atoms with Crippen molar-refractivity contribution >= 4 is 11.7 Å². The topological polar surface area (TPSA) is 68.8 Å². The predicted octanol–water partition coefficient (Wildman–Crippen LogP) is 4.51. The van der Waals surface area contributed by atoms with Gasteiger partial charge in [0.05, 0.1) is 12.6 Å². The van der Waals surface area contributed by atoms with E-state index in [-0.39, 0.29) is 18.0 Å². The van der Waals surface area contributed by atoms with Crippen molar-refractivity contribution in [2.24, 2.45) is 5.92 Å². The van der Waals surface area contributed by atoms with Gasteiger partial charge in [-0.05, 0) is 36.6 Å². The normalized spacial score (nSPS) is 13.9. The second kappa shape index (κ2) is 9.46. The number of anilines is 1. The zero-order valence-corrected chi connectivity index (χ0v) is 16.7. The van der Waals surface area contributed by atoms with E-state index in [2.05, 4.69) is 24.5 Å². The van der Waals surface area contributed by atoms with Crippen molar-refractivity contribution in [1.29, 1.82) is 0 Å². The van der Waals surface area contributed by atoms with E-state index < -0.39 is 0 Å². The van der Waals surface area contributed by atoms with Crippen LogP contribution in [0.15, 0.2) is 42.5 Å². The van der Waals surface area contributed by atoms with Gasteiger partial charge in [0.2, 0.25) is 0 Å². The molecule has 1 aliphatic heterocycles. The average molecular weight is 384 g/mol. The van der Waals surface area contributed by atoms with E-state index in [1.807, 2.05) is 49.4 Å². The number of nitrogens with one attached hydrogen (secondary N) is 2. The number of para-hydroxylation sites is 1. The van der Waals surface area contributed by atoms with Gasteiger partial charge in [-0.2, -0.15) is 0 Å². The number of rotatable bonds is 7. The van der Waals surface area contributed by atoms with Gasteiger partial charge in [-0.1, -0.05) is 38.1 Å². The minimum atomic E-state index is -0.252. The lowest BCUT2D eigenvalue weighted by molar-refractivity contribution is 0.134. The summed E-state index contributed by atoms with van der Waals surface area (Å²) in [5.41, 5.74) is 2.68. The molecule has 2 N–H and O–H groups in total. The third-order valence-corrected chi connectivity index (χ3v) is 4.61. The first-order chi connectivity index (χ1) is 13.6. The fraction of sp³-hybridized carbons (Fsp3) is 0.409. The van der Waals surface area contributed by atoms with Gasteiger partial charge in [-0.3, -0.25) is 0 Å². The van der Waals surface area contributed by atoms with Crippen molar-refractivity contribution in [3.05, 3.63) is 53.6 Å². The van der Waals surface area contributed by atoms with Crippen LogP contribution in [0.25, 0.3) is 0 Å². The minimum Gasteiger partial charge on any atom is -0.486 e. The Morgan fingerprint density at radius 3 is 2.61 bits per heavy atom. The molecule has 150 valence electrons. The molecule has 0 radical (unpaired) electrons. The highest BCUT2D eigenvalue weighted by Gasteiger charge is 2.21. The third-order valence-electron chi connectivity index (χ3n) is 4.61. The number of ether oxygens (including phenoxy) is 3. The lowest BCUT2D eigenvalue weighted by Gasteiger charge is -2.25. The first-order valence-corrected chi connectivity index (χ1v) is 9.71.